The molecule has 0 bridgehead atoms. The number of aromatic nitrogens is 4. The Hall–Kier alpha value is -2.27. The highest BCUT2D eigenvalue weighted by molar-refractivity contribution is 7.00. The van der Waals surface area contributed by atoms with Crippen molar-refractivity contribution in [2.75, 3.05) is 0 Å². The van der Waals surface area contributed by atoms with E-state index in [0.717, 1.165) is 22.2 Å². The summed E-state index contributed by atoms with van der Waals surface area (Å²) in [5.74, 6) is 0. The first-order chi connectivity index (χ1) is 8.92. The average molecular weight is 252 g/mol. The molecule has 0 saturated carbocycles. The fourth-order valence-electron chi connectivity index (χ4n) is 2.14. The van der Waals surface area contributed by atoms with Gasteiger partial charge in [0.25, 0.3) is 0 Å². The first kappa shape index (κ1) is 9.73. The van der Waals surface area contributed by atoms with Crippen molar-refractivity contribution in [1.29, 1.82) is 0 Å². The molecule has 18 heavy (non-hydrogen) atoms. The van der Waals surface area contributed by atoms with Crippen molar-refractivity contribution >= 4 is 33.8 Å². The SMILES string of the molecule is c1ccc2c(-c3cnc4nsnc4c3)c[nH]c2c1. The summed E-state index contributed by atoms with van der Waals surface area (Å²) in [6, 6.07) is 10.3. The molecule has 1 N–H and O–H groups in total. The zero-order valence-electron chi connectivity index (χ0n) is 9.29. The van der Waals surface area contributed by atoms with E-state index in [4.69, 9.17) is 0 Å². The van der Waals surface area contributed by atoms with Crippen LogP contribution in [0.15, 0.2) is 42.7 Å². The summed E-state index contributed by atoms with van der Waals surface area (Å²) in [4.78, 5) is 7.59. The summed E-state index contributed by atoms with van der Waals surface area (Å²) in [5, 5.41) is 1.20. The Morgan fingerprint density at radius 1 is 1.11 bits per heavy atom. The third-order valence-corrected chi connectivity index (χ3v) is 3.55. The van der Waals surface area contributed by atoms with Crippen LogP contribution in [0.3, 0.4) is 0 Å². The minimum Gasteiger partial charge on any atom is -0.361 e. The molecular weight excluding hydrogens is 244 g/mol. The molecule has 0 radical (unpaired) electrons. The molecule has 0 atom stereocenters. The van der Waals surface area contributed by atoms with Crippen LogP contribution in [0.4, 0.5) is 0 Å². The number of nitrogens with zero attached hydrogens (tertiary/aromatic N) is 3. The molecule has 86 valence electrons. The Kier molecular flexibility index (Phi) is 1.95. The molecule has 0 fully saturated rings. The van der Waals surface area contributed by atoms with E-state index in [2.05, 4.69) is 30.8 Å². The van der Waals surface area contributed by atoms with Crippen molar-refractivity contribution in [2.24, 2.45) is 0 Å². The Morgan fingerprint density at radius 3 is 3.06 bits per heavy atom. The number of para-hydroxylation sites is 1. The molecule has 0 spiro atoms. The van der Waals surface area contributed by atoms with Crippen molar-refractivity contribution < 1.29 is 0 Å². The summed E-state index contributed by atoms with van der Waals surface area (Å²) in [6.07, 6.45) is 3.85. The van der Waals surface area contributed by atoms with Crippen LogP contribution in [0.5, 0.6) is 0 Å². The summed E-state index contributed by atoms with van der Waals surface area (Å²) in [6.45, 7) is 0. The smallest absolute Gasteiger partial charge is 0.193 e. The van der Waals surface area contributed by atoms with E-state index < -0.39 is 0 Å². The third-order valence-electron chi connectivity index (χ3n) is 3.01. The summed E-state index contributed by atoms with van der Waals surface area (Å²) in [7, 11) is 0. The van der Waals surface area contributed by atoms with Gasteiger partial charge in [-0.25, -0.2) is 4.98 Å². The minimum absolute atomic E-state index is 0.712. The molecule has 4 rings (SSSR count). The highest BCUT2D eigenvalue weighted by atomic mass is 32.1. The highest BCUT2D eigenvalue weighted by Crippen LogP contribution is 2.29. The summed E-state index contributed by atoms with van der Waals surface area (Å²) in [5.41, 5.74) is 4.90. The van der Waals surface area contributed by atoms with Gasteiger partial charge in [0.15, 0.2) is 5.65 Å². The lowest BCUT2D eigenvalue weighted by atomic mass is 10.1. The van der Waals surface area contributed by atoms with Crippen molar-refractivity contribution in [1.82, 2.24) is 18.7 Å². The predicted octanol–water partition coefficient (Wildman–Crippen LogP) is 3.23. The van der Waals surface area contributed by atoms with Gasteiger partial charge in [0, 0.05) is 34.4 Å². The largest absolute Gasteiger partial charge is 0.361 e. The fraction of sp³-hybridized carbons (Fsp3) is 0. The highest BCUT2D eigenvalue weighted by Gasteiger charge is 2.08. The molecule has 1 aromatic carbocycles. The minimum atomic E-state index is 0.712. The topological polar surface area (TPSA) is 54.5 Å². The van der Waals surface area contributed by atoms with Crippen LogP contribution in [0.2, 0.25) is 0 Å². The normalized spacial score (nSPS) is 11.3. The first-order valence-electron chi connectivity index (χ1n) is 5.56. The van der Waals surface area contributed by atoms with Gasteiger partial charge in [-0.3, -0.25) is 0 Å². The Balaban J connectivity index is 2.00. The van der Waals surface area contributed by atoms with E-state index in [1.165, 1.54) is 17.1 Å². The molecule has 4 aromatic rings. The monoisotopic (exact) mass is 252 g/mol. The Morgan fingerprint density at radius 2 is 2.06 bits per heavy atom. The van der Waals surface area contributed by atoms with Crippen molar-refractivity contribution in [3.63, 3.8) is 0 Å². The number of H-pyrrole nitrogens is 1. The van der Waals surface area contributed by atoms with Crippen LogP contribution in [0.1, 0.15) is 0 Å². The van der Waals surface area contributed by atoms with Crippen LogP contribution < -0.4 is 0 Å². The van der Waals surface area contributed by atoms with Gasteiger partial charge in [0.1, 0.15) is 5.52 Å². The zero-order chi connectivity index (χ0) is 11.9. The number of nitrogens with one attached hydrogen (secondary N) is 1. The van der Waals surface area contributed by atoms with Crippen molar-refractivity contribution in [2.45, 2.75) is 0 Å². The van der Waals surface area contributed by atoms with E-state index in [1.54, 1.807) is 0 Å². The molecular formula is C13H8N4S. The second-order valence-electron chi connectivity index (χ2n) is 4.08. The first-order valence-corrected chi connectivity index (χ1v) is 6.30. The predicted molar refractivity (Wildman–Crippen MR) is 72.5 cm³/mol. The molecule has 0 unspecified atom stereocenters. The second kappa shape index (κ2) is 3.61. The number of hydrogen-bond acceptors (Lipinski definition) is 4. The quantitative estimate of drug-likeness (QED) is 0.566. The van der Waals surface area contributed by atoms with Crippen molar-refractivity contribution in [3.05, 3.63) is 42.7 Å². The van der Waals surface area contributed by atoms with Gasteiger partial charge in [-0.1, -0.05) is 18.2 Å². The molecule has 0 amide bonds. The molecule has 4 nitrogen and oxygen atoms in total. The van der Waals surface area contributed by atoms with E-state index in [0.29, 0.717) is 5.65 Å². The maximum absolute atomic E-state index is 4.33. The lowest BCUT2D eigenvalue weighted by molar-refractivity contribution is 1.36. The van der Waals surface area contributed by atoms with Crippen LogP contribution in [0, 0.1) is 0 Å². The lowest BCUT2D eigenvalue weighted by Gasteiger charge is -1.98. The van der Waals surface area contributed by atoms with Gasteiger partial charge >= 0.3 is 0 Å². The third kappa shape index (κ3) is 1.34. The lowest BCUT2D eigenvalue weighted by Crippen LogP contribution is -1.80. The number of fused-ring (bicyclic) bond motifs is 2. The van der Waals surface area contributed by atoms with Gasteiger partial charge in [-0.15, -0.1) is 0 Å². The Labute approximate surface area is 107 Å². The van der Waals surface area contributed by atoms with Gasteiger partial charge < -0.3 is 4.98 Å². The summed E-state index contributed by atoms with van der Waals surface area (Å²) < 4.78 is 8.34. The molecule has 0 saturated heterocycles. The van der Waals surface area contributed by atoms with Crippen LogP contribution in [-0.2, 0) is 0 Å². The number of rotatable bonds is 1. The van der Waals surface area contributed by atoms with Crippen LogP contribution in [-0.4, -0.2) is 18.7 Å². The maximum Gasteiger partial charge on any atom is 0.193 e. The fourth-order valence-corrected chi connectivity index (χ4v) is 2.63. The van der Waals surface area contributed by atoms with Gasteiger partial charge in [-0.2, -0.15) is 8.75 Å². The van der Waals surface area contributed by atoms with Crippen LogP contribution in [0.25, 0.3) is 33.2 Å². The van der Waals surface area contributed by atoms with Crippen LogP contribution >= 0.6 is 11.7 Å². The van der Waals surface area contributed by atoms with E-state index in [9.17, 15) is 0 Å². The van der Waals surface area contributed by atoms with Gasteiger partial charge in [0.05, 0.1) is 11.7 Å². The maximum atomic E-state index is 4.33. The van der Waals surface area contributed by atoms with E-state index in [-0.39, 0.29) is 0 Å². The molecule has 0 aliphatic heterocycles. The number of hydrogen-bond donors (Lipinski definition) is 1. The summed E-state index contributed by atoms with van der Waals surface area (Å²) >= 11 is 1.19. The molecule has 5 heteroatoms. The van der Waals surface area contributed by atoms with Gasteiger partial charge in [0.2, 0.25) is 0 Å². The standard InChI is InChI=1S/C13H8N4S/c1-2-4-11-9(3-1)10(7-14-11)8-5-12-13(15-6-8)17-18-16-12/h1-7,14H. The number of pyridine rings is 1. The van der Waals surface area contributed by atoms with E-state index >= 15 is 0 Å². The van der Waals surface area contributed by atoms with Gasteiger partial charge in [-0.05, 0) is 12.1 Å². The zero-order valence-corrected chi connectivity index (χ0v) is 10.1. The number of aromatic amines is 1. The molecule has 3 aromatic heterocycles. The Bertz CT molecular complexity index is 846. The molecule has 3 heterocycles. The second-order valence-corrected chi connectivity index (χ2v) is 4.61. The average Bonchev–Trinajstić information content (AvgIpc) is 3.04. The molecule has 0 aliphatic rings. The van der Waals surface area contributed by atoms with E-state index in [1.807, 2.05) is 30.6 Å². The number of benzene rings is 1. The van der Waals surface area contributed by atoms with Crippen molar-refractivity contribution in [3.8, 4) is 11.1 Å². The molecule has 0 aliphatic carbocycles.